The first-order chi connectivity index (χ1) is 9.91. The fraction of sp³-hybridized carbons (Fsp3) is 0.667. The zero-order valence-electron chi connectivity index (χ0n) is 13.3. The van der Waals surface area contributed by atoms with E-state index in [2.05, 4.69) is 10.6 Å². The van der Waals surface area contributed by atoms with Gasteiger partial charge in [0.1, 0.15) is 5.76 Å². The number of carbonyl (C=O) groups excluding carboxylic acids is 1. The minimum absolute atomic E-state index is 0.0259. The Bertz CT molecular complexity index is 414. The molecule has 0 spiro atoms. The molecule has 120 valence electrons. The van der Waals surface area contributed by atoms with E-state index < -0.39 is 5.60 Å². The number of rotatable bonds is 8. The standard InChI is InChI=1S/C15H27N3O3/c1-5-15(20,6-2)11-17-14(19)16-10-12(18(3)4)13-8-7-9-21-13/h7-9,12,20H,5-6,10-11H2,1-4H3,(H2,16,17,19). The van der Waals surface area contributed by atoms with Crippen LogP contribution >= 0.6 is 0 Å². The Labute approximate surface area is 126 Å². The van der Waals surface area contributed by atoms with E-state index in [4.69, 9.17) is 4.42 Å². The molecule has 0 saturated heterocycles. The van der Waals surface area contributed by atoms with E-state index in [1.807, 2.05) is 45.0 Å². The van der Waals surface area contributed by atoms with Crippen molar-refractivity contribution in [3.63, 3.8) is 0 Å². The van der Waals surface area contributed by atoms with Gasteiger partial charge in [-0.25, -0.2) is 4.79 Å². The number of hydrogen-bond donors (Lipinski definition) is 3. The molecule has 0 radical (unpaired) electrons. The highest BCUT2D eigenvalue weighted by Crippen LogP contribution is 2.17. The van der Waals surface area contributed by atoms with Crippen LogP contribution in [0.2, 0.25) is 0 Å². The highest BCUT2D eigenvalue weighted by atomic mass is 16.3. The van der Waals surface area contributed by atoms with Crippen molar-refractivity contribution in [3.05, 3.63) is 24.2 Å². The molecule has 1 rings (SSSR count). The zero-order valence-corrected chi connectivity index (χ0v) is 13.3. The van der Waals surface area contributed by atoms with Gasteiger partial charge in [-0.05, 0) is 39.1 Å². The predicted molar refractivity (Wildman–Crippen MR) is 82.1 cm³/mol. The van der Waals surface area contributed by atoms with Gasteiger partial charge in [-0.15, -0.1) is 0 Å². The molecule has 2 amide bonds. The van der Waals surface area contributed by atoms with Gasteiger partial charge in [-0.3, -0.25) is 4.90 Å². The second-order valence-corrected chi connectivity index (χ2v) is 5.49. The van der Waals surface area contributed by atoms with Crippen LogP contribution in [0.5, 0.6) is 0 Å². The van der Waals surface area contributed by atoms with E-state index in [-0.39, 0.29) is 18.6 Å². The van der Waals surface area contributed by atoms with E-state index in [1.54, 1.807) is 6.26 Å². The Morgan fingerprint density at radius 3 is 2.52 bits per heavy atom. The summed E-state index contributed by atoms with van der Waals surface area (Å²) in [5.74, 6) is 0.805. The van der Waals surface area contributed by atoms with Crippen molar-refractivity contribution in [2.75, 3.05) is 27.2 Å². The normalized spacial score (nSPS) is 13.2. The first-order valence-electron chi connectivity index (χ1n) is 7.35. The van der Waals surface area contributed by atoms with E-state index in [1.165, 1.54) is 0 Å². The predicted octanol–water partition coefficient (Wildman–Crippen LogP) is 1.73. The van der Waals surface area contributed by atoms with Gasteiger partial charge in [0.05, 0.1) is 17.9 Å². The molecular weight excluding hydrogens is 270 g/mol. The number of likely N-dealkylation sites (N-methyl/N-ethyl adjacent to an activating group) is 1. The molecule has 0 bridgehead atoms. The number of furan rings is 1. The lowest BCUT2D eigenvalue weighted by atomic mass is 9.98. The lowest BCUT2D eigenvalue weighted by molar-refractivity contribution is 0.0349. The lowest BCUT2D eigenvalue weighted by Crippen LogP contribution is -2.47. The largest absolute Gasteiger partial charge is 0.468 e. The second kappa shape index (κ2) is 8.05. The summed E-state index contributed by atoms with van der Waals surface area (Å²) in [6.45, 7) is 4.49. The third-order valence-corrected chi connectivity index (χ3v) is 3.85. The van der Waals surface area contributed by atoms with Crippen molar-refractivity contribution in [2.24, 2.45) is 0 Å². The van der Waals surface area contributed by atoms with Crippen LogP contribution < -0.4 is 10.6 Å². The lowest BCUT2D eigenvalue weighted by Gasteiger charge is -2.26. The highest BCUT2D eigenvalue weighted by molar-refractivity contribution is 5.73. The summed E-state index contributed by atoms with van der Waals surface area (Å²) in [5, 5.41) is 15.7. The van der Waals surface area contributed by atoms with Crippen LogP contribution in [0.25, 0.3) is 0 Å². The SMILES string of the molecule is CCC(O)(CC)CNC(=O)NCC(c1ccco1)N(C)C. The monoisotopic (exact) mass is 297 g/mol. The highest BCUT2D eigenvalue weighted by Gasteiger charge is 2.23. The van der Waals surface area contributed by atoms with Crippen molar-refractivity contribution in [3.8, 4) is 0 Å². The number of amides is 2. The summed E-state index contributed by atoms with van der Waals surface area (Å²) in [6.07, 6.45) is 2.83. The van der Waals surface area contributed by atoms with Crippen molar-refractivity contribution in [1.82, 2.24) is 15.5 Å². The molecule has 1 atom stereocenters. The van der Waals surface area contributed by atoms with Crippen LogP contribution in [0.4, 0.5) is 4.79 Å². The number of nitrogens with zero attached hydrogens (tertiary/aromatic N) is 1. The molecule has 0 fully saturated rings. The maximum atomic E-state index is 11.8. The molecule has 1 aromatic rings. The summed E-state index contributed by atoms with van der Waals surface area (Å²) in [6, 6.07) is 3.40. The Morgan fingerprint density at radius 2 is 2.05 bits per heavy atom. The van der Waals surface area contributed by atoms with Crippen molar-refractivity contribution in [1.29, 1.82) is 0 Å². The van der Waals surface area contributed by atoms with E-state index >= 15 is 0 Å². The molecule has 0 aliphatic heterocycles. The van der Waals surface area contributed by atoms with Gasteiger partial charge in [0.2, 0.25) is 0 Å². The molecule has 3 N–H and O–H groups in total. The molecule has 0 aromatic carbocycles. The Kier molecular flexibility index (Phi) is 6.71. The van der Waals surface area contributed by atoms with Crippen molar-refractivity contribution in [2.45, 2.75) is 38.3 Å². The molecule has 1 aromatic heterocycles. The molecule has 1 unspecified atom stereocenters. The molecule has 6 nitrogen and oxygen atoms in total. The van der Waals surface area contributed by atoms with Crippen LogP contribution in [0.3, 0.4) is 0 Å². The molecule has 0 aliphatic carbocycles. The summed E-state index contributed by atoms with van der Waals surface area (Å²) in [7, 11) is 3.86. The maximum absolute atomic E-state index is 11.8. The second-order valence-electron chi connectivity index (χ2n) is 5.49. The molecular formula is C15H27N3O3. The van der Waals surface area contributed by atoms with Gasteiger partial charge in [0.25, 0.3) is 0 Å². The maximum Gasteiger partial charge on any atom is 0.314 e. The number of urea groups is 1. The Balaban J connectivity index is 2.44. The Morgan fingerprint density at radius 1 is 1.38 bits per heavy atom. The zero-order chi connectivity index (χ0) is 15.9. The van der Waals surface area contributed by atoms with E-state index in [0.29, 0.717) is 19.4 Å². The third-order valence-electron chi connectivity index (χ3n) is 3.85. The fourth-order valence-electron chi connectivity index (χ4n) is 2.02. The number of aliphatic hydroxyl groups is 1. The molecule has 21 heavy (non-hydrogen) atoms. The van der Waals surface area contributed by atoms with Crippen LogP contribution in [0, 0.1) is 0 Å². The van der Waals surface area contributed by atoms with Gasteiger partial charge >= 0.3 is 6.03 Å². The first-order valence-corrected chi connectivity index (χ1v) is 7.35. The molecule has 0 aliphatic rings. The van der Waals surface area contributed by atoms with Crippen LogP contribution in [0.1, 0.15) is 38.5 Å². The third kappa shape index (κ3) is 5.40. The number of carbonyl (C=O) groups is 1. The average molecular weight is 297 g/mol. The quantitative estimate of drug-likeness (QED) is 0.683. The van der Waals surface area contributed by atoms with Gasteiger partial charge in [0, 0.05) is 13.1 Å². The summed E-state index contributed by atoms with van der Waals surface area (Å²) in [5.41, 5.74) is -0.834. The minimum atomic E-state index is -0.834. The summed E-state index contributed by atoms with van der Waals surface area (Å²) in [4.78, 5) is 13.8. The topological polar surface area (TPSA) is 77.7 Å². The van der Waals surface area contributed by atoms with Crippen LogP contribution in [-0.4, -0.2) is 48.8 Å². The van der Waals surface area contributed by atoms with Gasteiger partial charge < -0.3 is 20.2 Å². The van der Waals surface area contributed by atoms with Crippen LogP contribution in [-0.2, 0) is 0 Å². The van der Waals surface area contributed by atoms with Gasteiger partial charge in [0.15, 0.2) is 0 Å². The van der Waals surface area contributed by atoms with Gasteiger partial charge in [-0.2, -0.15) is 0 Å². The molecule has 6 heteroatoms. The first kappa shape index (κ1) is 17.5. The number of nitrogens with one attached hydrogen (secondary N) is 2. The smallest absolute Gasteiger partial charge is 0.314 e. The van der Waals surface area contributed by atoms with E-state index in [9.17, 15) is 9.90 Å². The fourth-order valence-corrected chi connectivity index (χ4v) is 2.02. The summed E-state index contributed by atoms with van der Waals surface area (Å²) < 4.78 is 5.38. The average Bonchev–Trinajstić information content (AvgIpc) is 2.98. The minimum Gasteiger partial charge on any atom is -0.468 e. The van der Waals surface area contributed by atoms with Crippen LogP contribution in [0.15, 0.2) is 22.8 Å². The number of hydrogen-bond acceptors (Lipinski definition) is 4. The Hall–Kier alpha value is -1.53. The van der Waals surface area contributed by atoms with Crippen molar-refractivity contribution < 1.29 is 14.3 Å². The summed E-state index contributed by atoms with van der Waals surface area (Å²) >= 11 is 0. The van der Waals surface area contributed by atoms with Crippen molar-refractivity contribution >= 4 is 6.03 Å². The van der Waals surface area contributed by atoms with E-state index in [0.717, 1.165) is 5.76 Å². The molecule has 1 heterocycles. The van der Waals surface area contributed by atoms with Gasteiger partial charge in [-0.1, -0.05) is 13.8 Å². The molecule has 0 saturated carbocycles.